The minimum Gasteiger partial charge on any atom is -0.332 e. The average molecular weight is 372 g/mol. The van der Waals surface area contributed by atoms with E-state index < -0.39 is 0 Å². The Labute approximate surface area is 163 Å². The number of thiocarbonyl (C=S) groups is 1. The summed E-state index contributed by atoms with van der Waals surface area (Å²) in [6.07, 6.45) is 0. The fourth-order valence-corrected chi connectivity index (χ4v) is 3.31. The molecule has 0 atom stereocenters. The molecule has 0 aliphatic heterocycles. The van der Waals surface area contributed by atoms with Crippen molar-refractivity contribution in [2.45, 2.75) is 13.5 Å². The maximum atomic E-state index is 5.49. The molecule has 4 aromatic rings. The van der Waals surface area contributed by atoms with Crippen LogP contribution in [0.5, 0.6) is 0 Å². The van der Waals surface area contributed by atoms with Crippen molar-refractivity contribution in [3.63, 3.8) is 0 Å². The minimum absolute atomic E-state index is 0.524. The molecule has 1 aromatic heterocycles. The molecule has 0 bridgehead atoms. The Bertz CT molecular complexity index is 1080. The second-order valence-electron chi connectivity index (χ2n) is 6.42. The number of rotatable bonds is 4. The highest BCUT2D eigenvalue weighted by atomic mass is 32.1. The molecule has 5 heteroatoms. The molecule has 0 amide bonds. The number of nitrogens with zero attached hydrogens (tertiary/aromatic N) is 2. The lowest BCUT2D eigenvalue weighted by Crippen LogP contribution is -2.19. The Hall–Kier alpha value is -3.18. The van der Waals surface area contributed by atoms with Crippen molar-refractivity contribution in [2.24, 2.45) is 0 Å². The lowest BCUT2D eigenvalue weighted by molar-refractivity contribution is 0.668. The number of aryl methyl sites for hydroxylation is 1. The number of fused-ring (bicyclic) bond motifs is 1. The van der Waals surface area contributed by atoms with E-state index in [4.69, 9.17) is 12.2 Å². The predicted octanol–water partition coefficient (Wildman–Crippen LogP) is 5.20. The van der Waals surface area contributed by atoms with Crippen LogP contribution in [0.25, 0.3) is 10.8 Å². The number of nitrogens with one attached hydrogen (secondary N) is 2. The summed E-state index contributed by atoms with van der Waals surface area (Å²) in [6.45, 7) is 2.78. The molecule has 27 heavy (non-hydrogen) atoms. The fourth-order valence-electron chi connectivity index (χ4n) is 3.09. The molecule has 1 heterocycles. The van der Waals surface area contributed by atoms with Gasteiger partial charge in [-0.15, -0.1) is 0 Å². The van der Waals surface area contributed by atoms with Crippen LogP contribution in [0.15, 0.2) is 78.9 Å². The zero-order chi connectivity index (χ0) is 18.6. The van der Waals surface area contributed by atoms with Crippen LogP contribution in [-0.2, 0) is 6.54 Å². The Morgan fingerprint density at radius 1 is 0.926 bits per heavy atom. The van der Waals surface area contributed by atoms with Crippen LogP contribution < -0.4 is 10.6 Å². The van der Waals surface area contributed by atoms with Crippen LogP contribution in [0, 0.1) is 6.92 Å². The largest absolute Gasteiger partial charge is 0.332 e. The van der Waals surface area contributed by atoms with E-state index in [0.29, 0.717) is 5.11 Å². The van der Waals surface area contributed by atoms with Gasteiger partial charge < -0.3 is 10.6 Å². The highest BCUT2D eigenvalue weighted by molar-refractivity contribution is 7.80. The summed E-state index contributed by atoms with van der Waals surface area (Å²) in [5.74, 6) is 0.737. The Morgan fingerprint density at radius 2 is 1.67 bits per heavy atom. The first-order valence-electron chi connectivity index (χ1n) is 8.83. The topological polar surface area (TPSA) is 41.9 Å². The van der Waals surface area contributed by atoms with Crippen LogP contribution in [0.3, 0.4) is 0 Å². The Balaban J connectivity index is 1.47. The maximum Gasteiger partial charge on any atom is 0.176 e. The molecule has 134 valence electrons. The molecule has 2 N–H and O–H groups in total. The normalized spacial score (nSPS) is 10.7. The van der Waals surface area contributed by atoms with Gasteiger partial charge in [0.2, 0.25) is 0 Å². The van der Waals surface area contributed by atoms with Crippen LogP contribution in [0.4, 0.5) is 11.5 Å². The summed E-state index contributed by atoms with van der Waals surface area (Å²) in [5.41, 5.74) is 3.27. The molecule has 0 saturated carbocycles. The third-order valence-corrected chi connectivity index (χ3v) is 4.64. The van der Waals surface area contributed by atoms with Crippen LogP contribution in [-0.4, -0.2) is 14.9 Å². The fraction of sp³-hybridized carbons (Fsp3) is 0.0909. The summed E-state index contributed by atoms with van der Waals surface area (Å²) >= 11 is 5.49. The molecule has 0 radical (unpaired) electrons. The quantitative estimate of drug-likeness (QED) is 0.483. The van der Waals surface area contributed by atoms with Gasteiger partial charge in [-0.05, 0) is 36.2 Å². The maximum absolute atomic E-state index is 5.49. The molecular formula is C22H20N4S. The third kappa shape index (κ3) is 3.99. The van der Waals surface area contributed by atoms with Crippen molar-refractivity contribution < 1.29 is 0 Å². The molecule has 0 fully saturated rings. The third-order valence-electron chi connectivity index (χ3n) is 4.44. The van der Waals surface area contributed by atoms with Gasteiger partial charge in [-0.2, -0.15) is 5.10 Å². The highest BCUT2D eigenvalue weighted by Crippen LogP contribution is 2.23. The van der Waals surface area contributed by atoms with E-state index in [1.807, 2.05) is 60.1 Å². The molecule has 0 saturated heterocycles. The first-order valence-corrected chi connectivity index (χ1v) is 9.24. The highest BCUT2D eigenvalue weighted by Gasteiger charge is 2.08. The molecule has 3 aromatic carbocycles. The first kappa shape index (κ1) is 17.2. The smallest absolute Gasteiger partial charge is 0.176 e. The number of aromatic nitrogens is 2. The zero-order valence-corrected chi connectivity index (χ0v) is 15.8. The Morgan fingerprint density at radius 3 is 2.52 bits per heavy atom. The van der Waals surface area contributed by atoms with Crippen molar-refractivity contribution in [3.05, 3.63) is 90.1 Å². The molecule has 0 spiro atoms. The van der Waals surface area contributed by atoms with Crippen molar-refractivity contribution >= 4 is 39.6 Å². The molecule has 0 unspecified atom stereocenters. The SMILES string of the molecule is Cc1cc(NC(=S)Nc2cccc3ccccc23)nn1Cc1ccccc1. The summed E-state index contributed by atoms with van der Waals surface area (Å²) in [6, 6.07) is 26.7. The standard InChI is InChI=1S/C22H20N4S/c1-16-14-21(25-26(16)15-17-8-3-2-4-9-17)24-22(27)23-20-13-7-11-18-10-5-6-12-19(18)20/h2-14H,15H2,1H3,(H2,23,24,25,27). The first-order chi connectivity index (χ1) is 13.2. The van der Waals surface area contributed by atoms with Gasteiger partial charge in [0.25, 0.3) is 0 Å². The summed E-state index contributed by atoms with van der Waals surface area (Å²) < 4.78 is 1.97. The van der Waals surface area contributed by atoms with Gasteiger partial charge in [0.15, 0.2) is 10.9 Å². The number of anilines is 2. The second kappa shape index (κ2) is 7.60. The Kier molecular flexibility index (Phi) is 4.85. The van der Waals surface area contributed by atoms with Gasteiger partial charge in [-0.1, -0.05) is 66.7 Å². The van der Waals surface area contributed by atoms with Crippen LogP contribution >= 0.6 is 12.2 Å². The number of benzene rings is 3. The van der Waals surface area contributed by atoms with Gasteiger partial charge in [0, 0.05) is 22.8 Å². The van der Waals surface area contributed by atoms with E-state index in [2.05, 4.69) is 46.1 Å². The van der Waals surface area contributed by atoms with Crippen molar-refractivity contribution in [1.29, 1.82) is 0 Å². The predicted molar refractivity (Wildman–Crippen MR) is 116 cm³/mol. The monoisotopic (exact) mass is 372 g/mol. The molecule has 4 nitrogen and oxygen atoms in total. The van der Waals surface area contributed by atoms with E-state index in [-0.39, 0.29) is 0 Å². The van der Waals surface area contributed by atoms with Crippen LogP contribution in [0.2, 0.25) is 0 Å². The van der Waals surface area contributed by atoms with E-state index in [0.717, 1.165) is 29.1 Å². The van der Waals surface area contributed by atoms with Gasteiger partial charge >= 0.3 is 0 Å². The number of hydrogen-bond acceptors (Lipinski definition) is 2. The van der Waals surface area contributed by atoms with Gasteiger partial charge in [-0.3, -0.25) is 4.68 Å². The van der Waals surface area contributed by atoms with Gasteiger partial charge in [0.05, 0.1) is 6.54 Å². The minimum atomic E-state index is 0.524. The summed E-state index contributed by atoms with van der Waals surface area (Å²) in [4.78, 5) is 0. The average Bonchev–Trinajstić information content (AvgIpc) is 3.01. The molecule has 4 rings (SSSR count). The van der Waals surface area contributed by atoms with E-state index in [1.165, 1.54) is 10.9 Å². The summed E-state index contributed by atoms with van der Waals surface area (Å²) in [5, 5.41) is 13.9. The van der Waals surface area contributed by atoms with Crippen molar-refractivity contribution in [2.75, 3.05) is 10.6 Å². The van der Waals surface area contributed by atoms with Gasteiger partial charge in [-0.25, -0.2) is 0 Å². The lowest BCUT2D eigenvalue weighted by atomic mass is 10.1. The molecule has 0 aliphatic carbocycles. The lowest BCUT2D eigenvalue weighted by Gasteiger charge is -2.11. The van der Waals surface area contributed by atoms with E-state index >= 15 is 0 Å². The summed E-state index contributed by atoms with van der Waals surface area (Å²) in [7, 11) is 0. The number of hydrogen-bond donors (Lipinski definition) is 2. The molecule has 0 aliphatic rings. The van der Waals surface area contributed by atoms with Gasteiger partial charge in [0.1, 0.15) is 0 Å². The van der Waals surface area contributed by atoms with E-state index in [1.54, 1.807) is 0 Å². The van der Waals surface area contributed by atoms with Crippen LogP contribution in [0.1, 0.15) is 11.3 Å². The van der Waals surface area contributed by atoms with Crippen molar-refractivity contribution in [3.8, 4) is 0 Å². The van der Waals surface area contributed by atoms with E-state index in [9.17, 15) is 0 Å². The second-order valence-corrected chi connectivity index (χ2v) is 6.83. The molecular weight excluding hydrogens is 352 g/mol. The van der Waals surface area contributed by atoms with Crippen molar-refractivity contribution in [1.82, 2.24) is 9.78 Å². The zero-order valence-electron chi connectivity index (χ0n) is 15.0.